The van der Waals surface area contributed by atoms with E-state index in [9.17, 15) is 14.4 Å². The molecule has 1 aromatic carbocycles. The van der Waals surface area contributed by atoms with Gasteiger partial charge in [-0.1, -0.05) is 6.07 Å². The Hall–Kier alpha value is -2.48. The van der Waals surface area contributed by atoms with Crippen molar-refractivity contribution in [3.05, 3.63) is 28.7 Å². The first-order chi connectivity index (χ1) is 11.5. The molecular weight excluding hydrogens is 334 g/mol. The second-order valence-electron chi connectivity index (χ2n) is 4.95. The molecule has 1 N–H and O–H groups in total. The standard InChI is InChI=1S/C16H17NO6S/c1-22-11-6-5-10(8-12(11)23-2)9-13-15(20)17(16(21)24-13)7-3-4-14(18)19/h5-6,8-9H,3-4,7H2,1-2H3,(H,18,19)/b13-9+. The number of ether oxygens (including phenoxy) is 2. The van der Waals surface area contributed by atoms with E-state index in [-0.39, 0.29) is 19.4 Å². The molecular formula is C16H17NO6S. The van der Waals surface area contributed by atoms with Crippen LogP contribution in [0.3, 0.4) is 0 Å². The lowest BCUT2D eigenvalue weighted by Crippen LogP contribution is -2.29. The maximum atomic E-state index is 12.3. The van der Waals surface area contributed by atoms with Crippen LogP contribution in [0, 0.1) is 0 Å². The summed E-state index contributed by atoms with van der Waals surface area (Å²) >= 11 is 0.838. The van der Waals surface area contributed by atoms with Crippen LogP contribution in [0.5, 0.6) is 11.5 Å². The van der Waals surface area contributed by atoms with Crippen LogP contribution in [0.4, 0.5) is 4.79 Å². The summed E-state index contributed by atoms with van der Waals surface area (Å²) in [5.74, 6) is -0.281. The van der Waals surface area contributed by atoms with Crippen LogP contribution in [0.15, 0.2) is 23.1 Å². The molecule has 0 saturated carbocycles. The molecule has 0 atom stereocenters. The summed E-state index contributed by atoms with van der Waals surface area (Å²) in [4.78, 5) is 36.1. The molecule has 0 aromatic heterocycles. The number of benzene rings is 1. The third-order valence-corrected chi connectivity index (χ3v) is 4.26. The summed E-state index contributed by atoms with van der Waals surface area (Å²) in [6.45, 7) is 0.0975. The average Bonchev–Trinajstić information content (AvgIpc) is 2.81. The molecule has 24 heavy (non-hydrogen) atoms. The molecule has 0 radical (unpaired) electrons. The number of carboxylic acid groups (broad SMARTS) is 1. The van der Waals surface area contributed by atoms with Crippen LogP contribution in [0.25, 0.3) is 6.08 Å². The van der Waals surface area contributed by atoms with Crippen molar-refractivity contribution in [2.24, 2.45) is 0 Å². The maximum absolute atomic E-state index is 12.3. The molecule has 128 valence electrons. The fourth-order valence-corrected chi connectivity index (χ4v) is 3.04. The summed E-state index contributed by atoms with van der Waals surface area (Å²) in [5, 5.41) is 8.24. The second kappa shape index (κ2) is 7.87. The SMILES string of the molecule is COc1ccc(/C=C2/SC(=O)N(CCCC(=O)O)C2=O)cc1OC. The van der Waals surface area contributed by atoms with E-state index in [2.05, 4.69) is 0 Å². The van der Waals surface area contributed by atoms with E-state index >= 15 is 0 Å². The molecule has 1 saturated heterocycles. The zero-order chi connectivity index (χ0) is 17.7. The van der Waals surface area contributed by atoms with E-state index in [0.717, 1.165) is 16.7 Å². The number of methoxy groups -OCH3 is 2. The third kappa shape index (κ3) is 4.08. The molecule has 1 aliphatic rings. The van der Waals surface area contributed by atoms with Gasteiger partial charge in [0, 0.05) is 13.0 Å². The third-order valence-electron chi connectivity index (χ3n) is 3.35. The first kappa shape index (κ1) is 17.9. The van der Waals surface area contributed by atoms with Crippen molar-refractivity contribution < 1.29 is 29.0 Å². The number of nitrogens with zero attached hydrogens (tertiary/aromatic N) is 1. The average molecular weight is 351 g/mol. The molecule has 1 heterocycles. The largest absolute Gasteiger partial charge is 0.493 e. The molecule has 1 aromatic rings. The highest BCUT2D eigenvalue weighted by molar-refractivity contribution is 8.18. The number of hydrogen-bond acceptors (Lipinski definition) is 6. The van der Waals surface area contributed by atoms with Gasteiger partial charge in [0.2, 0.25) is 0 Å². The van der Waals surface area contributed by atoms with Crippen LogP contribution >= 0.6 is 11.8 Å². The minimum Gasteiger partial charge on any atom is -0.493 e. The van der Waals surface area contributed by atoms with Gasteiger partial charge in [-0.25, -0.2) is 0 Å². The molecule has 1 aliphatic heterocycles. The Morgan fingerprint density at radius 3 is 2.58 bits per heavy atom. The predicted molar refractivity (Wildman–Crippen MR) is 89.1 cm³/mol. The Morgan fingerprint density at radius 1 is 1.25 bits per heavy atom. The Bertz CT molecular complexity index is 700. The Labute approximate surface area is 143 Å². The molecule has 8 heteroatoms. The van der Waals surface area contributed by atoms with Crippen LogP contribution in [-0.4, -0.2) is 47.9 Å². The minimum absolute atomic E-state index is 0.0869. The zero-order valence-corrected chi connectivity index (χ0v) is 14.1. The molecule has 0 spiro atoms. The quantitative estimate of drug-likeness (QED) is 0.755. The van der Waals surface area contributed by atoms with Crippen LogP contribution in [0.1, 0.15) is 18.4 Å². The van der Waals surface area contributed by atoms with Crippen molar-refractivity contribution >= 4 is 35.0 Å². The predicted octanol–water partition coefficient (Wildman–Crippen LogP) is 2.60. The molecule has 0 unspecified atom stereocenters. The fourth-order valence-electron chi connectivity index (χ4n) is 2.18. The van der Waals surface area contributed by atoms with E-state index in [1.165, 1.54) is 14.2 Å². The van der Waals surface area contributed by atoms with Gasteiger partial charge in [-0.2, -0.15) is 0 Å². The van der Waals surface area contributed by atoms with Gasteiger partial charge in [-0.05, 0) is 42.0 Å². The van der Waals surface area contributed by atoms with Crippen LogP contribution in [0.2, 0.25) is 0 Å². The number of carbonyl (C=O) groups excluding carboxylic acids is 2. The molecule has 7 nitrogen and oxygen atoms in total. The van der Waals surface area contributed by atoms with E-state index in [0.29, 0.717) is 22.0 Å². The molecule has 0 aliphatic carbocycles. The second-order valence-corrected chi connectivity index (χ2v) is 5.94. The summed E-state index contributed by atoms with van der Waals surface area (Å²) in [7, 11) is 3.04. The normalized spacial score (nSPS) is 15.9. The lowest BCUT2D eigenvalue weighted by atomic mass is 10.2. The highest BCUT2D eigenvalue weighted by Gasteiger charge is 2.34. The zero-order valence-electron chi connectivity index (χ0n) is 13.3. The molecule has 0 bridgehead atoms. The summed E-state index contributed by atoms with van der Waals surface area (Å²) in [5.41, 5.74) is 0.698. The van der Waals surface area contributed by atoms with E-state index in [4.69, 9.17) is 14.6 Å². The maximum Gasteiger partial charge on any atom is 0.303 e. The lowest BCUT2D eigenvalue weighted by Gasteiger charge is -2.11. The highest BCUT2D eigenvalue weighted by atomic mass is 32.2. The van der Waals surface area contributed by atoms with E-state index < -0.39 is 17.1 Å². The van der Waals surface area contributed by atoms with Crippen molar-refractivity contribution in [2.75, 3.05) is 20.8 Å². The van der Waals surface area contributed by atoms with Gasteiger partial charge < -0.3 is 14.6 Å². The number of rotatable bonds is 7. The van der Waals surface area contributed by atoms with Gasteiger partial charge in [0.25, 0.3) is 11.1 Å². The summed E-state index contributed by atoms with van der Waals surface area (Å²) < 4.78 is 10.4. The number of amides is 2. The van der Waals surface area contributed by atoms with Gasteiger partial charge in [0.15, 0.2) is 11.5 Å². The summed E-state index contributed by atoms with van der Waals surface area (Å²) in [6.07, 6.45) is 1.75. The summed E-state index contributed by atoms with van der Waals surface area (Å²) in [6, 6.07) is 5.17. The fraction of sp³-hybridized carbons (Fsp3) is 0.312. The van der Waals surface area contributed by atoms with Gasteiger partial charge in [0.1, 0.15) is 0 Å². The van der Waals surface area contributed by atoms with Gasteiger partial charge in [-0.15, -0.1) is 0 Å². The number of carboxylic acids is 1. The van der Waals surface area contributed by atoms with Crippen LogP contribution in [-0.2, 0) is 9.59 Å². The van der Waals surface area contributed by atoms with Crippen molar-refractivity contribution in [1.82, 2.24) is 4.90 Å². The van der Waals surface area contributed by atoms with Crippen molar-refractivity contribution in [1.29, 1.82) is 0 Å². The van der Waals surface area contributed by atoms with Crippen molar-refractivity contribution in [3.8, 4) is 11.5 Å². The lowest BCUT2D eigenvalue weighted by molar-refractivity contribution is -0.137. The number of hydrogen-bond donors (Lipinski definition) is 1. The van der Waals surface area contributed by atoms with Gasteiger partial charge >= 0.3 is 5.97 Å². The Morgan fingerprint density at radius 2 is 1.96 bits per heavy atom. The number of aliphatic carboxylic acids is 1. The first-order valence-electron chi connectivity index (χ1n) is 7.15. The smallest absolute Gasteiger partial charge is 0.303 e. The Balaban J connectivity index is 2.14. The number of imide groups is 1. The van der Waals surface area contributed by atoms with E-state index in [1.807, 2.05) is 0 Å². The van der Waals surface area contributed by atoms with Crippen molar-refractivity contribution in [3.63, 3.8) is 0 Å². The van der Waals surface area contributed by atoms with Crippen molar-refractivity contribution in [2.45, 2.75) is 12.8 Å². The van der Waals surface area contributed by atoms with E-state index in [1.54, 1.807) is 24.3 Å². The van der Waals surface area contributed by atoms with Gasteiger partial charge in [-0.3, -0.25) is 19.3 Å². The first-order valence-corrected chi connectivity index (χ1v) is 7.97. The highest BCUT2D eigenvalue weighted by Crippen LogP contribution is 2.34. The molecule has 2 amide bonds. The number of carbonyl (C=O) groups is 3. The van der Waals surface area contributed by atoms with Crippen LogP contribution < -0.4 is 9.47 Å². The topological polar surface area (TPSA) is 93.1 Å². The Kier molecular flexibility index (Phi) is 5.86. The monoisotopic (exact) mass is 351 g/mol. The number of thioether (sulfide) groups is 1. The molecule has 2 rings (SSSR count). The van der Waals surface area contributed by atoms with Gasteiger partial charge in [0.05, 0.1) is 19.1 Å². The minimum atomic E-state index is -0.956. The molecule has 1 fully saturated rings.